The Morgan fingerprint density at radius 2 is 2.26 bits per heavy atom. The van der Waals surface area contributed by atoms with E-state index in [0.29, 0.717) is 22.3 Å². The number of rotatable bonds is 5. The summed E-state index contributed by atoms with van der Waals surface area (Å²) in [5.74, 6) is 0.0552. The summed E-state index contributed by atoms with van der Waals surface area (Å²) in [6.45, 7) is 3.26. The fourth-order valence-electron chi connectivity index (χ4n) is 3.89. The van der Waals surface area contributed by atoms with Gasteiger partial charge < -0.3 is 10.2 Å². The summed E-state index contributed by atoms with van der Waals surface area (Å²) in [4.78, 5) is 31.8. The van der Waals surface area contributed by atoms with E-state index in [0.717, 1.165) is 32.2 Å². The highest BCUT2D eigenvalue weighted by atomic mass is 32.1. The molecule has 3 heterocycles. The normalized spacial score (nSPS) is 20.1. The highest BCUT2D eigenvalue weighted by Gasteiger charge is 2.33. The Hall–Kier alpha value is -2.22. The first-order valence-electron chi connectivity index (χ1n) is 9.71. The maximum atomic E-state index is 12.7. The molecule has 8 heteroatoms. The second-order valence-electron chi connectivity index (χ2n) is 7.32. The number of anilines is 1. The van der Waals surface area contributed by atoms with E-state index in [1.165, 1.54) is 46.8 Å². The van der Waals surface area contributed by atoms with Crippen LogP contribution in [0, 0.1) is 6.92 Å². The second-order valence-corrected chi connectivity index (χ2v) is 8.25. The summed E-state index contributed by atoms with van der Waals surface area (Å²) < 4.78 is 1.33. The number of carbonyl (C=O) groups is 1. The van der Waals surface area contributed by atoms with Gasteiger partial charge in [-0.15, -0.1) is 5.10 Å². The first-order chi connectivity index (χ1) is 13.1. The van der Waals surface area contributed by atoms with Crippen LogP contribution in [-0.2, 0) is 4.79 Å². The van der Waals surface area contributed by atoms with Gasteiger partial charge in [0.1, 0.15) is 6.04 Å². The minimum atomic E-state index is -0.220. The van der Waals surface area contributed by atoms with Crippen LogP contribution in [0.5, 0.6) is 0 Å². The molecule has 0 radical (unpaired) electrons. The van der Waals surface area contributed by atoms with Crippen LogP contribution in [-0.4, -0.2) is 39.6 Å². The minimum Gasteiger partial charge on any atom is -0.354 e. The highest BCUT2D eigenvalue weighted by Crippen LogP contribution is 2.29. The Bertz CT molecular complexity index is 932. The molecule has 2 aromatic rings. The zero-order valence-electron chi connectivity index (χ0n) is 15.6. The van der Waals surface area contributed by atoms with Crippen molar-refractivity contribution in [3.05, 3.63) is 33.8 Å². The third kappa shape index (κ3) is 3.90. The molecule has 1 aliphatic heterocycles. The topological polar surface area (TPSA) is 79.6 Å². The van der Waals surface area contributed by atoms with Gasteiger partial charge in [0.15, 0.2) is 0 Å². The molecule has 0 aromatic carbocycles. The van der Waals surface area contributed by atoms with Gasteiger partial charge in [-0.3, -0.25) is 9.59 Å². The molecule has 0 unspecified atom stereocenters. The number of allylic oxidation sites excluding steroid dienone is 1. The quantitative estimate of drug-likeness (QED) is 0.797. The Morgan fingerprint density at radius 1 is 1.37 bits per heavy atom. The molecule has 2 aromatic heterocycles. The molecule has 0 spiro atoms. The van der Waals surface area contributed by atoms with Crippen LogP contribution in [0.2, 0.25) is 0 Å². The van der Waals surface area contributed by atoms with E-state index in [-0.39, 0.29) is 17.5 Å². The molecule has 1 amide bonds. The third-order valence-corrected chi connectivity index (χ3v) is 6.24. The van der Waals surface area contributed by atoms with Crippen molar-refractivity contribution >= 4 is 27.3 Å². The summed E-state index contributed by atoms with van der Waals surface area (Å²) in [6, 6.07) is 1.26. The zero-order chi connectivity index (χ0) is 18.8. The fourth-order valence-corrected chi connectivity index (χ4v) is 4.92. The van der Waals surface area contributed by atoms with Crippen molar-refractivity contribution in [3.8, 4) is 0 Å². The maximum absolute atomic E-state index is 12.7. The predicted octanol–water partition coefficient (Wildman–Crippen LogP) is 2.43. The van der Waals surface area contributed by atoms with E-state index < -0.39 is 0 Å². The van der Waals surface area contributed by atoms with E-state index in [2.05, 4.69) is 21.5 Å². The molecular weight excluding hydrogens is 362 g/mol. The van der Waals surface area contributed by atoms with Crippen molar-refractivity contribution in [2.24, 2.45) is 0 Å². The number of fused-ring (bicyclic) bond motifs is 1. The summed E-state index contributed by atoms with van der Waals surface area (Å²) in [5, 5.41) is 8.21. The van der Waals surface area contributed by atoms with Gasteiger partial charge >= 0.3 is 0 Å². The van der Waals surface area contributed by atoms with Gasteiger partial charge in [0.25, 0.3) is 5.56 Å². The van der Waals surface area contributed by atoms with Crippen LogP contribution in [0.1, 0.15) is 50.6 Å². The molecule has 1 saturated heterocycles. The number of hydrogen-bond donors (Lipinski definition) is 1. The summed E-state index contributed by atoms with van der Waals surface area (Å²) in [5.41, 5.74) is 1.97. The zero-order valence-corrected chi connectivity index (χ0v) is 16.4. The van der Waals surface area contributed by atoms with Gasteiger partial charge in [-0.25, -0.2) is 4.98 Å². The van der Waals surface area contributed by atoms with E-state index in [9.17, 15) is 9.59 Å². The van der Waals surface area contributed by atoms with Gasteiger partial charge in [-0.1, -0.05) is 23.0 Å². The average molecular weight is 388 g/mol. The van der Waals surface area contributed by atoms with E-state index in [4.69, 9.17) is 0 Å². The van der Waals surface area contributed by atoms with E-state index >= 15 is 0 Å². The Kier molecular flexibility index (Phi) is 5.24. The van der Waals surface area contributed by atoms with Crippen LogP contribution in [0.3, 0.4) is 0 Å². The van der Waals surface area contributed by atoms with Crippen molar-refractivity contribution in [1.82, 2.24) is 19.9 Å². The van der Waals surface area contributed by atoms with Crippen molar-refractivity contribution in [2.75, 3.05) is 18.0 Å². The predicted molar refractivity (Wildman–Crippen MR) is 106 cm³/mol. The van der Waals surface area contributed by atoms with Gasteiger partial charge in [-0.2, -0.15) is 4.52 Å². The molecule has 0 bridgehead atoms. The third-order valence-electron chi connectivity index (χ3n) is 5.29. The molecule has 1 atom stereocenters. The molecular formula is C19H25N5O2S. The van der Waals surface area contributed by atoms with Crippen molar-refractivity contribution in [2.45, 2.75) is 57.9 Å². The Labute approximate surface area is 162 Å². The number of amides is 1. The SMILES string of the molecule is Cc1cc(=O)n2nc(N3CCC[C@H]3C(=O)NCCC3=CCCCC3)sc2n1. The molecule has 1 aliphatic carbocycles. The van der Waals surface area contributed by atoms with Crippen LogP contribution in [0.25, 0.3) is 4.96 Å². The lowest BCUT2D eigenvalue weighted by Crippen LogP contribution is -2.43. The first kappa shape index (κ1) is 18.2. The highest BCUT2D eigenvalue weighted by molar-refractivity contribution is 7.20. The van der Waals surface area contributed by atoms with Gasteiger partial charge in [0.2, 0.25) is 16.0 Å². The summed E-state index contributed by atoms with van der Waals surface area (Å²) in [6.07, 6.45) is 9.91. The molecule has 0 saturated carbocycles. The summed E-state index contributed by atoms with van der Waals surface area (Å²) in [7, 11) is 0. The number of carbonyl (C=O) groups excluding carboxylic acids is 1. The lowest BCUT2D eigenvalue weighted by atomic mass is 9.97. The summed E-state index contributed by atoms with van der Waals surface area (Å²) >= 11 is 1.37. The molecule has 27 heavy (non-hydrogen) atoms. The second kappa shape index (κ2) is 7.80. The van der Waals surface area contributed by atoms with Crippen molar-refractivity contribution in [1.29, 1.82) is 0 Å². The van der Waals surface area contributed by atoms with Gasteiger partial charge in [-0.05, 0) is 51.9 Å². The van der Waals surface area contributed by atoms with Crippen molar-refractivity contribution in [3.63, 3.8) is 0 Å². The number of nitrogens with one attached hydrogen (secondary N) is 1. The van der Waals surface area contributed by atoms with Crippen LogP contribution in [0.15, 0.2) is 22.5 Å². The monoisotopic (exact) mass is 387 g/mol. The average Bonchev–Trinajstić information content (AvgIpc) is 3.29. The standard InChI is InChI=1S/C19H25N5O2S/c1-13-12-16(25)24-18(21-13)27-19(22-24)23-11-5-8-15(23)17(26)20-10-9-14-6-3-2-4-7-14/h6,12,15H,2-5,7-11H2,1H3,(H,20,26)/t15-/m0/s1. The smallest absolute Gasteiger partial charge is 0.275 e. The molecule has 4 rings (SSSR count). The van der Waals surface area contributed by atoms with Crippen LogP contribution < -0.4 is 15.8 Å². The molecule has 1 fully saturated rings. The maximum Gasteiger partial charge on any atom is 0.275 e. The molecule has 1 N–H and O–H groups in total. The van der Waals surface area contributed by atoms with E-state index in [1.807, 2.05) is 4.90 Å². The van der Waals surface area contributed by atoms with Crippen LogP contribution >= 0.6 is 11.3 Å². The largest absolute Gasteiger partial charge is 0.354 e. The number of aromatic nitrogens is 3. The number of aryl methyl sites for hydroxylation is 1. The minimum absolute atomic E-state index is 0.0552. The first-order valence-corrected chi connectivity index (χ1v) is 10.5. The van der Waals surface area contributed by atoms with Crippen molar-refractivity contribution < 1.29 is 4.79 Å². The lowest BCUT2D eigenvalue weighted by molar-refractivity contribution is -0.122. The molecule has 2 aliphatic rings. The number of nitrogens with zero attached hydrogens (tertiary/aromatic N) is 4. The molecule has 144 valence electrons. The lowest BCUT2D eigenvalue weighted by Gasteiger charge is -2.23. The Balaban J connectivity index is 1.44. The fraction of sp³-hybridized carbons (Fsp3) is 0.579. The number of hydrogen-bond acceptors (Lipinski definition) is 6. The van der Waals surface area contributed by atoms with E-state index in [1.54, 1.807) is 6.92 Å². The molecule has 7 nitrogen and oxygen atoms in total. The van der Waals surface area contributed by atoms with Gasteiger partial charge in [0.05, 0.1) is 0 Å². The van der Waals surface area contributed by atoms with Gasteiger partial charge in [0, 0.05) is 24.8 Å². The van der Waals surface area contributed by atoms with Crippen LogP contribution in [0.4, 0.5) is 5.13 Å². The Morgan fingerprint density at radius 3 is 3.07 bits per heavy atom.